The van der Waals surface area contributed by atoms with Crippen molar-refractivity contribution in [2.75, 3.05) is 85.1 Å². The lowest BCUT2D eigenvalue weighted by Gasteiger charge is -2.34. The molecule has 1 saturated heterocycles. The molecule has 3 rings (SSSR count). The normalized spacial score (nSPS) is 18.3. The second-order valence-electron chi connectivity index (χ2n) is 11.5. The molecule has 2 fully saturated rings. The highest BCUT2D eigenvalue weighted by Gasteiger charge is 2.30. The van der Waals surface area contributed by atoms with Crippen molar-refractivity contribution in [1.29, 1.82) is 0 Å². The fraction of sp³-hybridized carbons (Fsp3) is 0.621. The zero-order chi connectivity index (χ0) is 33.6. The monoisotopic (exact) mass is 650 g/mol. The number of benzene rings is 1. The van der Waals surface area contributed by atoms with Gasteiger partial charge < -0.3 is 25.0 Å². The summed E-state index contributed by atoms with van der Waals surface area (Å²) in [6.07, 6.45) is 3.20. The van der Waals surface area contributed by atoms with Gasteiger partial charge in [-0.3, -0.25) is 48.9 Å². The number of carboxylic acid groups (broad SMARTS) is 3. The standard InChI is InChI=1S/C29H42N6O11/c36-25(34(22-3-1-2-4-22)21-29(43)46-24-7-5-23(6-8-24)35(44)45)17-30-9-11-31(18-26(37)38)13-15-33(20-28(41)42)16-14-32(12-10-30)19-27(39)40/h5-8,22H,1-4,9-21H2,(H,37,38)(H,39,40)(H,41,42). The van der Waals surface area contributed by atoms with Gasteiger partial charge in [0.2, 0.25) is 5.91 Å². The molecule has 1 aromatic rings. The van der Waals surface area contributed by atoms with Crippen molar-refractivity contribution in [2.45, 2.75) is 31.7 Å². The molecular formula is C29H42N6O11. The van der Waals surface area contributed by atoms with E-state index in [2.05, 4.69) is 0 Å². The summed E-state index contributed by atoms with van der Waals surface area (Å²) in [7, 11) is 0. The molecule has 0 unspecified atom stereocenters. The van der Waals surface area contributed by atoms with Crippen molar-refractivity contribution < 1.29 is 49.0 Å². The van der Waals surface area contributed by atoms with Crippen LogP contribution < -0.4 is 4.74 Å². The van der Waals surface area contributed by atoms with Crippen LogP contribution >= 0.6 is 0 Å². The molecule has 1 aliphatic carbocycles. The number of esters is 1. The summed E-state index contributed by atoms with van der Waals surface area (Å²) in [6.45, 7) is 0.798. The van der Waals surface area contributed by atoms with E-state index >= 15 is 0 Å². The van der Waals surface area contributed by atoms with Crippen molar-refractivity contribution in [2.24, 2.45) is 0 Å². The molecule has 1 aromatic carbocycles. The molecule has 0 radical (unpaired) electrons. The van der Waals surface area contributed by atoms with Gasteiger partial charge in [-0.15, -0.1) is 0 Å². The lowest BCUT2D eigenvalue weighted by molar-refractivity contribution is -0.384. The smallest absolute Gasteiger partial charge is 0.331 e. The molecule has 0 aromatic heterocycles. The highest BCUT2D eigenvalue weighted by molar-refractivity contribution is 5.84. The number of carbonyl (C=O) groups is 5. The number of nitro benzene ring substituents is 1. The Morgan fingerprint density at radius 3 is 1.48 bits per heavy atom. The maximum absolute atomic E-state index is 13.8. The van der Waals surface area contributed by atoms with E-state index < -0.39 is 28.8 Å². The van der Waals surface area contributed by atoms with Crippen LogP contribution in [-0.4, -0.2) is 166 Å². The number of nitro groups is 1. The molecule has 1 heterocycles. The van der Waals surface area contributed by atoms with Gasteiger partial charge in [0.15, 0.2) is 0 Å². The van der Waals surface area contributed by atoms with Crippen molar-refractivity contribution >= 4 is 35.5 Å². The molecule has 0 spiro atoms. The van der Waals surface area contributed by atoms with E-state index in [1.165, 1.54) is 29.2 Å². The summed E-state index contributed by atoms with van der Waals surface area (Å²) < 4.78 is 5.37. The van der Waals surface area contributed by atoms with Crippen LogP contribution in [-0.2, 0) is 24.0 Å². The van der Waals surface area contributed by atoms with Gasteiger partial charge in [-0.2, -0.15) is 0 Å². The summed E-state index contributed by atoms with van der Waals surface area (Å²) in [5.41, 5.74) is -0.157. The van der Waals surface area contributed by atoms with Crippen LogP contribution in [0.25, 0.3) is 0 Å². The van der Waals surface area contributed by atoms with Crippen molar-refractivity contribution in [1.82, 2.24) is 24.5 Å². The summed E-state index contributed by atoms with van der Waals surface area (Å²) in [5, 5.41) is 39.2. The Hall–Kier alpha value is -4.19. The number of nitrogens with zero attached hydrogens (tertiary/aromatic N) is 6. The molecule has 0 bridgehead atoms. The van der Waals surface area contributed by atoms with Crippen molar-refractivity contribution in [3.8, 4) is 5.75 Å². The third kappa shape index (κ3) is 12.7. The number of carboxylic acids is 3. The van der Waals surface area contributed by atoms with Gasteiger partial charge in [-0.1, -0.05) is 12.8 Å². The average molecular weight is 651 g/mol. The van der Waals surface area contributed by atoms with Crippen LogP contribution in [0.3, 0.4) is 0 Å². The van der Waals surface area contributed by atoms with Crippen LogP contribution in [0.15, 0.2) is 24.3 Å². The van der Waals surface area contributed by atoms with E-state index in [1.807, 2.05) is 4.90 Å². The number of ether oxygens (including phenoxy) is 1. The quantitative estimate of drug-likeness (QED) is 0.109. The SMILES string of the molecule is O=C(O)CN1CCN(CC(=O)O)CCN(CC(=O)N(CC(=O)Oc2ccc([N+](=O)[O-])cc2)C2CCCC2)CCN(CC(=O)O)CC1. The van der Waals surface area contributed by atoms with Gasteiger partial charge in [0, 0.05) is 70.5 Å². The van der Waals surface area contributed by atoms with E-state index in [4.69, 9.17) is 4.74 Å². The number of aliphatic carboxylic acids is 3. The van der Waals surface area contributed by atoms with Gasteiger partial charge in [-0.25, -0.2) is 4.79 Å². The van der Waals surface area contributed by atoms with E-state index in [0.29, 0.717) is 12.8 Å². The molecular weight excluding hydrogens is 608 g/mol. The predicted molar refractivity (Wildman–Crippen MR) is 161 cm³/mol. The molecule has 254 valence electrons. The van der Waals surface area contributed by atoms with Gasteiger partial charge >= 0.3 is 23.9 Å². The first-order valence-electron chi connectivity index (χ1n) is 15.2. The van der Waals surface area contributed by atoms with Crippen LogP contribution in [0.5, 0.6) is 5.75 Å². The number of amides is 1. The highest BCUT2D eigenvalue weighted by Crippen LogP contribution is 2.24. The Kier molecular flexibility index (Phi) is 14.3. The number of hydrogen-bond donors (Lipinski definition) is 3. The molecule has 2 aliphatic rings. The lowest BCUT2D eigenvalue weighted by Crippen LogP contribution is -2.51. The molecule has 46 heavy (non-hydrogen) atoms. The molecule has 17 nitrogen and oxygen atoms in total. The second kappa shape index (κ2) is 18.1. The van der Waals surface area contributed by atoms with Gasteiger partial charge in [0.05, 0.1) is 31.1 Å². The van der Waals surface area contributed by atoms with E-state index in [1.54, 1.807) is 14.7 Å². The Morgan fingerprint density at radius 2 is 1.11 bits per heavy atom. The van der Waals surface area contributed by atoms with Crippen LogP contribution in [0.4, 0.5) is 5.69 Å². The van der Waals surface area contributed by atoms with E-state index in [-0.39, 0.29) is 108 Å². The van der Waals surface area contributed by atoms with Gasteiger partial charge in [0.1, 0.15) is 12.3 Å². The molecule has 1 amide bonds. The third-order valence-electron chi connectivity index (χ3n) is 8.03. The fourth-order valence-corrected chi connectivity index (χ4v) is 5.64. The molecule has 3 N–H and O–H groups in total. The van der Waals surface area contributed by atoms with Crippen molar-refractivity contribution in [3.05, 3.63) is 34.4 Å². The molecule has 0 atom stereocenters. The Balaban J connectivity index is 1.74. The number of rotatable bonds is 13. The fourth-order valence-electron chi connectivity index (χ4n) is 5.64. The number of hydrogen-bond acceptors (Lipinski definition) is 12. The highest BCUT2D eigenvalue weighted by atomic mass is 16.6. The Morgan fingerprint density at radius 1 is 0.717 bits per heavy atom. The maximum Gasteiger partial charge on any atom is 0.331 e. The van der Waals surface area contributed by atoms with Crippen LogP contribution in [0.2, 0.25) is 0 Å². The summed E-state index contributed by atoms with van der Waals surface area (Å²) in [4.78, 5) is 79.8. The van der Waals surface area contributed by atoms with Crippen molar-refractivity contribution in [3.63, 3.8) is 0 Å². The zero-order valence-corrected chi connectivity index (χ0v) is 25.7. The van der Waals surface area contributed by atoms with Gasteiger partial charge in [-0.05, 0) is 25.0 Å². The van der Waals surface area contributed by atoms with E-state index in [0.717, 1.165) is 12.8 Å². The second-order valence-corrected chi connectivity index (χ2v) is 11.5. The minimum Gasteiger partial charge on any atom is -0.480 e. The third-order valence-corrected chi connectivity index (χ3v) is 8.03. The minimum atomic E-state index is -1.05. The number of non-ortho nitro benzene ring substituents is 1. The topological polar surface area (TPSA) is 215 Å². The Bertz CT molecular complexity index is 1190. The van der Waals surface area contributed by atoms with Gasteiger partial charge in [0.25, 0.3) is 5.69 Å². The molecule has 1 saturated carbocycles. The maximum atomic E-state index is 13.8. The predicted octanol–water partition coefficient (Wildman–Crippen LogP) is -0.253. The largest absolute Gasteiger partial charge is 0.480 e. The van der Waals surface area contributed by atoms with Crippen LogP contribution in [0, 0.1) is 10.1 Å². The van der Waals surface area contributed by atoms with Crippen LogP contribution in [0.1, 0.15) is 25.7 Å². The lowest BCUT2D eigenvalue weighted by atomic mass is 10.2. The summed E-state index contributed by atoms with van der Waals surface area (Å²) in [6, 6.07) is 4.85. The summed E-state index contributed by atoms with van der Waals surface area (Å²) >= 11 is 0. The summed E-state index contributed by atoms with van der Waals surface area (Å²) in [5.74, 6) is -4.07. The first kappa shape index (κ1) is 36.3. The minimum absolute atomic E-state index is 0.103. The average Bonchev–Trinajstić information content (AvgIpc) is 3.51. The first-order chi connectivity index (χ1) is 21.9. The van der Waals surface area contributed by atoms with E-state index in [9.17, 15) is 49.4 Å². The number of carbonyl (C=O) groups excluding carboxylic acids is 2. The molecule has 1 aliphatic heterocycles. The zero-order valence-electron chi connectivity index (χ0n) is 25.7. The first-order valence-corrected chi connectivity index (χ1v) is 15.2. The Labute approximate surface area is 266 Å². The molecule has 17 heteroatoms.